The van der Waals surface area contributed by atoms with Gasteiger partial charge in [-0.15, -0.1) is 11.3 Å². The van der Waals surface area contributed by atoms with E-state index < -0.39 is 12.7 Å². The topological polar surface area (TPSA) is 79.8 Å². The van der Waals surface area contributed by atoms with Crippen molar-refractivity contribution < 1.29 is 18.0 Å². The van der Waals surface area contributed by atoms with E-state index in [4.69, 9.17) is 0 Å². The van der Waals surface area contributed by atoms with Gasteiger partial charge in [-0.3, -0.25) is 0 Å². The van der Waals surface area contributed by atoms with Crippen molar-refractivity contribution in [3.63, 3.8) is 0 Å². The van der Waals surface area contributed by atoms with Crippen LogP contribution in [0.3, 0.4) is 0 Å². The molecule has 2 N–H and O–H groups in total. The highest BCUT2D eigenvalue weighted by Gasteiger charge is 2.29. The van der Waals surface area contributed by atoms with Crippen molar-refractivity contribution >= 4 is 35.5 Å². The van der Waals surface area contributed by atoms with Crippen LogP contribution in [0.1, 0.15) is 43.7 Å². The molecule has 0 aromatic carbocycles. The second-order valence-electron chi connectivity index (χ2n) is 7.83. The van der Waals surface area contributed by atoms with Gasteiger partial charge >= 0.3 is 6.18 Å². The lowest BCUT2D eigenvalue weighted by molar-refractivity contribution is -0.115. The van der Waals surface area contributed by atoms with E-state index in [1.165, 1.54) is 11.3 Å². The number of aromatic nitrogens is 3. The van der Waals surface area contributed by atoms with Gasteiger partial charge in [-0.25, -0.2) is 9.97 Å². The van der Waals surface area contributed by atoms with Crippen LogP contribution in [0.4, 0.5) is 24.9 Å². The highest BCUT2D eigenvalue weighted by atomic mass is 32.1. The number of allylic oxidation sites excluding steroid dienone is 3. The number of halogens is 3. The van der Waals surface area contributed by atoms with Crippen LogP contribution in [0.15, 0.2) is 23.9 Å². The largest absolute Gasteiger partial charge is 0.405 e. The molecule has 3 rings (SSSR count). The predicted molar refractivity (Wildman–Crippen MR) is 122 cm³/mol. The predicted octanol–water partition coefficient (Wildman–Crippen LogP) is 5.64. The summed E-state index contributed by atoms with van der Waals surface area (Å²) >= 11 is 1.46. The van der Waals surface area contributed by atoms with Crippen molar-refractivity contribution in [1.82, 2.24) is 15.0 Å². The van der Waals surface area contributed by atoms with Crippen LogP contribution < -0.4 is 10.6 Å². The van der Waals surface area contributed by atoms with Crippen molar-refractivity contribution in [3.05, 3.63) is 34.5 Å². The number of aldehydes is 1. The molecule has 0 bridgehead atoms. The maximum atomic E-state index is 12.7. The minimum Gasteiger partial charge on any atom is -0.367 e. The SMILES string of the molecule is C/C=C\C(C)=C/c1cnc(-c2c(C)nc(NCC(F)(F)F)nc2NC2CCC(C=O)C2)s1. The summed E-state index contributed by atoms with van der Waals surface area (Å²) in [5.41, 5.74) is 2.25. The van der Waals surface area contributed by atoms with Crippen LogP contribution >= 0.6 is 11.3 Å². The van der Waals surface area contributed by atoms with Gasteiger partial charge in [-0.2, -0.15) is 18.2 Å². The number of hydrogen-bond acceptors (Lipinski definition) is 7. The first kappa shape index (κ1) is 23.9. The molecule has 0 saturated heterocycles. The summed E-state index contributed by atoms with van der Waals surface area (Å²) in [6.45, 7) is 4.44. The number of anilines is 2. The number of carbonyl (C=O) groups excluding carboxylic acids is 1. The summed E-state index contributed by atoms with van der Waals surface area (Å²) in [6, 6.07) is 0.00461. The Labute approximate surface area is 189 Å². The Morgan fingerprint density at radius 2 is 2.09 bits per heavy atom. The van der Waals surface area contributed by atoms with Gasteiger partial charge < -0.3 is 15.4 Å². The van der Waals surface area contributed by atoms with Crippen molar-refractivity contribution in [1.29, 1.82) is 0 Å². The molecule has 1 fully saturated rings. The first-order chi connectivity index (χ1) is 15.2. The molecule has 6 nitrogen and oxygen atoms in total. The Morgan fingerprint density at radius 3 is 2.75 bits per heavy atom. The molecule has 2 atom stereocenters. The van der Waals surface area contributed by atoms with Crippen LogP contribution in [0.25, 0.3) is 16.6 Å². The Hall–Kier alpha value is -2.75. The smallest absolute Gasteiger partial charge is 0.367 e. The monoisotopic (exact) mass is 465 g/mol. The Balaban J connectivity index is 1.95. The number of nitrogens with one attached hydrogen (secondary N) is 2. The fourth-order valence-corrected chi connectivity index (χ4v) is 4.69. The lowest BCUT2D eigenvalue weighted by Crippen LogP contribution is -2.23. The van der Waals surface area contributed by atoms with Crippen LogP contribution in [0, 0.1) is 12.8 Å². The maximum absolute atomic E-state index is 12.7. The Morgan fingerprint density at radius 1 is 1.31 bits per heavy atom. The van der Waals surface area contributed by atoms with E-state index in [1.54, 1.807) is 13.1 Å². The number of aryl methyl sites for hydroxylation is 1. The quantitative estimate of drug-likeness (QED) is 0.388. The second-order valence-corrected chi connectivity index (χ2v) is 8.89. The van der Waals surface area contributed by atoms with Crippen LogP contribution in [-0.2, 0) is 4.79 Å². The molecule has 2 unspecified atom stereocenters. The maximum Gasteiger partial charge on any atom is 0.405 e. The Bertz CT molecular complexity index is 1020. The zero-order chi connectivity index (χ0) is 23.3. The molecule has 1 aliphatic rings. The van der Waals surface area contributed by atoms with E-state index in [0.717, 1.165) is 29.6 Å². The minimum atomic E-state index is -4.38. The van der Waals surface area contributed by atoms with Gasteiger partial charge in [0.25, 0.3) is 0 Å². The van der Waals surface area contributed by atoms with Gasteiger partial charge in [0.2, 0.25) is 5.95 Å². The standard InChI is InChI=1S/C22H26F3N5OS/c1-4-5-13(2)8-17-10-26-20(32-17)18-14(3)28-21(27-12-22(23,24)25)30-19(18)29-16-7-6-15(9-16)11-31/h4-5,8,10-11,15-16H,6-7,9,12H2,1-3H3,(H2,27,28,29,30)/b5-4-,13-8-. The van der Waals surface area contributed by atoms with E-state index in [2.05, 4.69) is 25.6 Å². The third kappa shape index (κ3) is 6.38. The lowest BCUT2D eigenvalue weighted by Gasteiger charge is -2.18. The average Bonchev–Trinajstić information content (AvgIpc) is 3.35. The van der Waals surface area contributed by atoms with Gasteiger partial charge in [0.15, 0.2) is 0 Å². The Kier molecular flexibility index (Phi) is 7.65. The number of rotatable bonds is 8. The summed E-state index contributed by atoms with van der Waals surface area (Å²) in [5, 5.41) is 6.26. The zero-order valence-corrected chi connectivity index (χ0v) is 19.0. The first-order valence-corrected chi connectivity index (χ1v) is 11.2. The van der Waals surface area contributed by atoms with Gasteiger partial charge in [-0.05, 0) is 51.7 Å². The van der Waals surface area contributed by atoms with Crippen molar-refractivity contribution in [2.45, 2.75) is 52.3 Å². The highest BCUT2D eigenvalue weighted by molar-refractivity contribution is 7.15. The lowest BCUT2D eigenvalue weighted by atomic mass is 10.1. The molecule has 2 heterocycles. The molecule has 0 spiro atoms. The van der Waals surface area contributed by atoms with Gasteiger partial charge in [0.05, 0.1) is 11.3 Å². The van der Waals surface area contributed by atoms with Gasteiger partial charge in [0, 0.05) is 23.0 Å². The molecule has 1 saturated carbocycles. The fourth-order valence-electron chi connectivity index (χ4n) is 3.66. The minimum absolute atomic E-state index is 0.00461. The summed E-state index contributed by atoms with van der Waals surface area (Å²) in [5.74, 6) is 0.304. The van der Waals surface area contributed by atoms with Crippen LogP contribution in [0.2, 0.25) is 0 Å². The third-order valence-electron chi connectivity index (χ3n) is 5.08. The van der Waals surface area contributed by atoms with Crippen LogP contribution in [-0.4, -0.2) is 40.0 Å². The van der Waals surface area contributed by atoms with E-state index in [0.29, 0.717) is 28.5 Å². The van der Waals surface area contributed by atoms with E-state index >= 15 is 0 Å². The summed E-state index contributed by atoms with van der Waals surface area (Å²) in [6.07, 6.45) is 6.50. The molecule has 172 valence electrons. The highest BCUT2D eigenvalue weighted by Crippen LogP contribution is 2.36. The van der Waals surface area contributed by atoms with Crippen molar-refractivity contribution in [2.24, 2.45) is 5.92 Å². The fraction of sp³-hybridized carbons (Fsp3) is 0.455. The van der Waals surface area contributed by atoms with Crippen molar-refractivity contribution in [2.75, 3.05) is 17.2 Å². The summed E-state index contributed by atoms with van der Waals surface area (Å²) in [4.78, 5) is 25.2. The van der Waals surface area contributed by atoms with E-state index in [9.17, 15) is 18.0 Å². The molecular weight excluding hydrogens is 439 g/mol. The summed E-state index contributed by atoms with van der Waals surface area (Å²) < 4.78 is 38.0. The molecule has 0 radical (unpaired) electrons. The number of nitrogens with zero attached hydrogens (tertiary/aromatic N) is 3. The van der Waals surface area contributed by atoms with E-state index in [-0.39, 0.29) is 17.9 Å². The molecule has 2 aromatic heterocycles. The van der Waals surface area contributed by atoms with E-state index in [1.807, 2.05) is 32.1 Å². The number of alkyl halides is 3. The van der Waals surface area contributed by atoms with Gasteiger partial charge in [0.1, 0.15) is 23.7 Å². The third-order valence-corrected chi connectivity index (χ3v) is 6.04. The molecule has 1 aliphatic carbocycles. The second kappa shape index (κ2) is 10.2. The molecule has 32 heavy (non-hydrogen) atoms. The van der Waals surface area contributed by atoms with Crippen LogP contribution in [0.5, 0.6) is 0 Å². The molecular formula is C22H26F3N5OS. The summed E-state index contributed by atoms with van der Waals surface area (Å²) in [7, 11) is 0. The number of thiazole rings is 1. The first-order valence-electron chi connectivity index (χ1n) is 10.4. The molecule has 10 heteroatoms. The molecule has 0 aliphatic heterocycles. The average molecular weight is 466 g/mol. The number of carbonyl (C=O) groups is 1. The molecule has 2 aromatic rings. The number of hydrogen-bond donors (Lipinski definition) is 2. The van der Waals surface area contributed by atoms with Crippen molar-refractivity contribution in [3.8, 4) is 10.6 Å². The van der Waals surface area contributed by atoms with Gasteiger partial charge in [-0.1, -0.05) is 12.2 Å². The zero-order valence-electron chi connectivity index (χ0n) is 18.2. The molecule has 0 amide bonds. The normalized spacial score (nSPS) is 19.5.